The maximum absolute atomic E-state index is 13.7. The molecule has 0 heterocycles. The molecule has 0 atom stereocenters. The number of benzene rings is 1. The lowest BCUT2D eigenvalue weighted by Gasteiger charge is -2.34. The average Bonchev–Trinajstić information content (AvgIpc) is 2.25. The molecule has 1 aromatic rings. The van der Waals surface area contributed by atoms with E-state index in [1.54, 1.807) is 0 Å². The van der Waals surface area contributed by atoms with Gasteiger partial charge in [0.2, 0.25) is 0 Å². The molecule has 0 bridgehead atoms. The molecule has 1 aliphatic rings. The van der Waals surface area contributed by atoms with Crippen LogP contribution in [0.15, 0.2) is 12.1 Å². The van der Waals surface area contributed by atoms with Crippen molar-refractivity contribution in [3.63, 3.8) is 0 Å². The molecule has 0 amide bonds. The first kappa shape index (κ1) is 11.8. The van der Waals surface area contributed by atoms with Crippen molar-refractivity contribution in [1.29, 1.82) is 0 Å². The van der Waals surface area contributed by atoms with E-state index in [9.17, 15) is 8.78 Å². The van der Waals surface area contributed by atoms with Crippen LogP contribution in [0.4, 0.5) is 8.78 Å². The standard InChI is InChI=1S/C12H14ClF2N/c13-11-9(15)5-4-8(14)10(11)12(16)6-2-1-3-7-12/h4-5H,1-3,6-7,16H2. The Morgan fingerprint density at radius 2 is 1.62 bits per heavy atom. The van der Waals surface area contributed by atoms with Gasteiger partial charge >= 0.3 is 0 Å². The molecule has 1 nitrogen and oxygen atoms in total. The minimum atomic E-state index is -0.804. The summed E-state index contributed by atoms with van der Waals surface area (Å²) in [6.45, 7) is 0. The number of hydrogen-bond donors (Lipinski definition) is 1. The van der Waals surface area contributed by atoms with E-state index in [-0.39, 0.29) is 10.6 Å². The van der Waals surface area contributed by atoms with Crippen LogP contribution in [0, 0.1) is 11.6 Å². The van der Waals surface area contributed by atoms with Gasteiger partial charge in [-0.15, -0.1) is 0 Å². The van der Waals surface area contributed by atoms with Crippen molar-refractivity contribution in [2.45, 2.75) is 37.6 Å². The highest BCUT2D eigenvalue weighted by atomic mass is 35.5. The van der Waals surface area contributed by atoms with Gasteiger partial charge < -0.3 is 5.73 Å². The van der Waals surface area contributed by atoms with Gasteiger partial charge in [0.25, 0.3) is 0 Å². The highest BCUT2D eigenvalue weighted by molar-refractivity contribution is 6.31. The van der Waals surface area contributed by atoms with E-state index in [1.165, 1.54) is 0 Å². The van der Waals surface area contributed by atoms with Crippen molar-refractivity contribution in [3.8, 4) is 0 Å². The summed E-state index contributed by atoms with van der Waals surface area (Å²) in [7, 11) is 0. The summed E-state index contributed by atoms with van der Waals surface area (Å²) in [4.78, 5) is 0. The van der Waals surface area contributed by atoms with Crippen LogP contribution in [0.3, 0.4) is 0 Å². The van der Waals surface area contributed by atoms with Crippen molar-refractivity contribution in [2.75, 3.05) is 0 Å². The number of rotatable bonds is 1. The molecule has 0 spiro atoms. The molecule has 2 rings (SSSR count). The fourth-order valence-electron chi connectivity index (χ4n) is 2.42. The SMILES string of the molecule is NC1(c2c(F)ccc(F)c2Cl)CCCCC1. The van der Waals surface area contributed by atoms with E-state index < -0.39 is 17.2 Å². The van der Waals surface area contributed by atoms with Crippen molar-refractivity contribution in [3.05, 3.63) is 34.4 Å². The number of hydrogen-bond acceptors (Lipinski definition) is 1. The molecule has 0 aliphatic heterocycles. The fourth-order valence-corrected chi connectivity index (χ4v) is 2.76. The van der Waals surface area contributed by atoms with Crippen LogP contribution in [-0.2, 0) is 5.54 Å². The van der Waals surface area contributed by atoms with E-state index in [2.05, 4.69) is 0 Å². The molecular weight excluding hydrogens is 232 g/mol. The lowest BCUT2D eigenvalue weighted by Crippen LogP contribution is -2.40. The number of nitrogens with two attached hydrogens (primary N) is 1. The van der Waals surface area contributed by atoms with Crippen molar-refractivity contribution >= 4 is 11.6 Å². The Balaban J connectivity index is 2.49. The van der Waals surface area contributed by atoms with Crippen molar-refractivity contribution in [1.82, 2.24) is 0 Å². The van der Waals surface area contributed by atoms with Gasteiger partial charge in [0, 0.05) is 11.1 Å². The first-order valence-corrected chi connectivity index (χ1v) is 5.85. The Hall–Kier alpha value is -0.670. The summed E-state index contributed by atoms with van der Waals surface area (Å²) in [5.74, 6) is -1.11. The van der Waals surface area contributed by atoms with Crippen LogP contribution < -0.4 is 5.73 Å². The second-order valence-electron chi connectivity index (χ2n) is 4.43. The zero-order valence-electron chi connectivity index (χ0n) is 8.90. The molecule has 1 saturated carbocycles. The third-order valence-electron chi connectivity index (χ3n) is 3.29. The summed E-state index contributed by atoms with van der Waals surface area (Å²) < 4.78 is 27.1. The smallest absolute Gasteiger partial charge is 0.142 e. The Bertz CT molecular complexity index is 400. The second-order valence-corrected chi connectivity index (χ2v) is 4.81. The molecule has 0 radical (unpaired) electrons. The Morgan fingerprint density at radius 1 is 1.06 bits per heavy atom. The minimum absolute atomic E-state index is 0.147. The Morgan fingerprint density at radius 3 is 2.25 bits per heavy atom. The molecular formula is C12H14ClF2N. The largest absolute Gasteiger partial charge is 0.321 e. The minimum Gasteiger partial charge on any atom is -0.321 e. The summed E-state index contributed by atoms with van der Waals surface area (Å²) in [5, 5.41) is -0.163. The lowest BCUT2D eigenvalue weighted by atomic mass is 9.77. The molecule has 0 saturated heterocycles. The van der Waals surface area contributed by atoms with E-state index >= 15 is 0 Å². The first-order valence-electron chi connectivity index (χ1n) is 5.47. The topological polar surface area (TPSA) is 26.0 Å². The van der Waals surface area contributed by atoms with Crippen LogP contribution in [0.1, 0.15) is 37.7 Å². The number of halogens is 3. The molecule has 4 heteroatoms. The highest BCUT2D eigenvalue weighted by Gasteiger charge is 2.34. The molecule has 1 fully saturated rings. The molecule has 0 aromatic heterocycles. The maximum atomic E-state index is 13.7. The molecule has 1 aliphatic carbocycles. The Labute approximate surface area is 98.6 Å². The summed E-state index contributed by atoms with van der Waals surface area (Å²) in [6, 6.07) is 2.13. The monoisotopic (exact) mass is 245 g/mol. The van der Waals surface area contributed by atoms with E-state index in [1.807, 2.05) is 0 Å². The van der Waals surface area contributed by atoms with E-state index in [0.717, 1.165) is 31.4 Å². The third kappa shape index (κ3) is 1.94. The predicted octanol–water partition coefficient (Wildman–Crippen LogP) is 3.74. The van der Waals surface area contributed by atoms with Gasteiger partial charge in [-0.1, -0.05) is 30.9 Å². The van der Waals surface area contributed by atoms with Crippen LogP contribution in [0.5, 0.6) is 0 Å². The summed E-state index contributed by atoms with van der Waals surface area (Å²) in [5.41, 5.74) is 5.50. The van der Waals surface area contributed by atoms with Gasteiger partial charge in [-0.2, -0.15) is 0 Å². The normalized spacial score (nSPS) is 19.8. The lowest BCUT2D eigenvalue weighted by molar-refractivity contribution is 0.292. The van der Waals surface area contributed by atoms with Crippen LogP contribution in [-0.4, -0.2) is 0 Å². The summed E-state index contributed by atoms with van der Waals surface area (Å²) >= 11 is 5.83. The summed E-state index contributed by atoms with van der Waals surface area (Å²) in [6.07, 6.45) is 4.28. The average molecular weight is 246 g/mol. The van der Waals surface area contributed by atoms with Gasteiger partial charge in [0.1, 0.15) is 11.6 Å². The molecule has 88 valence electrons. The predicted molar refractivity (Wildman–Crippen MR) is 60.3 cm³/mol. The first-order chi connectivity index (χ1) is 7.54. The molecule has 0 unspecified atom stereocenters. The molecule has 2 N–H and O–H groups in total. The van der Waals surface area contributed by atoms with Crippen molar-refractivity contribution < 1.29 is 8.78 Å². The van der Waals surface area contributed by atoms with Gasteiger partial charge in [0.05, 0.1) is 5.02 Å². The van der Waals surface area contributed by atoms with Gasteiger partial charge in [-0.05, 0) is 25.0 Å². The van der Waals surface area contributed by atoms with E-state index in [0.29, 0.717) is 12.8 Å². The maximum Gasteiger partial charge on any atom is 0.142 e. The van der Waals surface area contributed by atoms with Crippen LogP contribution >= 0.6 is 11.6 Å². The van der Waals surface area contributed by atoms with Crippen LogP contribution in [0.25, 0.3) is 0 Å². The third-order valence-corrected chi connectivity index (χ3v) is 3.66. The van der Waals surface area contributed by atoms with Crippen LogP contribution in [0.2, 0.25) is 5.02 Å². The Kier molecular flexibility index (Phi) is 3.17. The van der Waals surface area contributed by atoms with Crippen molar-refractivity contribution in [2.24, 2.45) is 5.73 Å². The quantitative estimate of drug-likeness (QED) is 0.750. The molecule has 16 heavy (non-hydrogen) atoms. The van der Waals surface area contributed by atoms with Gasteiger partial charge in [-0.3, -0.25) is 0 Å². The molecule has 1 aromatic carbocycles. The fraction of sp³-hybridized carbons (Fsp3) is 0.500. The zero-order valence-corrected chi connectivity index (χ0v) is 9.66. The van der Waals surface area contributed by atoms with E-state index in [4.69, 9.17) is 17.3 Å². The highest BCUT2D eigenvalue weighted by Crippen LogP contribution is 2.40. The van der Waals surface area contributed by atoms with Gasteiger partial charge in [-0.25, -0.2) is 8.78 Å². The second kappa shape index (κ2) is 4.30. The van der Waals surface area contributed by atoms with Gasteiger partial charge in [0.15, 0.2) is 0 Å². The zero-order chi connectivity index (χ0) is 11.8.